The molecule has 1 aliphatic rings. The molecule has 0 bridgehead atoms. The molecule has 1 aromatic carbocycles. The number of aryl methyl sites for hydroxylation is 1. The van der Waals surface area contributed by atoms with Gasteiger partial charge in [0.05, 0.1) is 6.54 Å². The molecule has 0 aliphatic carbocycles. The topological polar surface area (TPSA) is 41.6 Å². The van der Waals surface area contributed by atoms with Crippen LogP contribution in [0, 0.1) is 6.92 Å². The van der Waals surface area contributed by atoms with Gasteiger partial charge in [-0.2, -0.15) is 11.8 Å². The van der Waals surface area contributed by atoms with Gasteiger partial charge in [0.25, 0.3) is 0 Å². The van der Waals surface area contributed by atoms with Crippen LogP contribution in [0.2, 0.25) is 5.02 Å². The van der Waals surface area contributed by atoms with E-state index in [1.165, 1.54) is 0 Å². The zero-order valence-electron chi connectivity index (χ0n) is 10.9. The van der Waals surface area contributed by atoms with Gasteiger partial charge in [-0.05, 0) is 24.1 Å². The van der Waals surface area contributed by atoms with E-state index in [4.69, 9.17) is 17.3 Å². The lowest BCUT2D eigenvalue weighted by molar-refractivity contribution is 0.455. The molecule has 0 aromatic heterocycles. The van der Waals surface area contributed by atoms with Crippen molar-refractivity contribution in [3.8, 4) is 0 Å². The number of guanidine groups is 1. The summed E-state index contributed by atoms with van der Waals surface area (Å²) in [6, 6.07) is 5.97. The van der Waals surface area contributed by atoms with Crippen LogP contribution in [-0.4, -0.2) is 35.5 Å². The highest BCUT2D eigenvalue weighted by Crippen LogP contribution is 2.17. The van der Waals surface area contributed by atoms with Crippen LogP contribution in [0.4, 0.5) is 0 Å². The van der Waals surface area contributed by atoms with E-state index in [0.29, 0.717) is 12.5 Å². The van der Waals surface area contributed by atoms with Crippen molar-refractivity contribution >= 4 is 53.3 Å². The van der Waals surface area contributed by atoms with Gasteiger partial charge in [-0.15, -0.1) is 24.0 Å². The number of hydrogen-bond acceptors (Lipinski definition) is 2. The Hall–Kier alpha value is -0.140. The monoisotopic (exact) mass is 411 g/mol. The minimum absolute atomic E-state index is 0. The third kappa shape index (κ3) is 5.04. The Morgan fingerprint density at radius 1 is 1.42 bits per heavy atom. The quantitative estimate of drug-likeness (QED) is 0.462. The molecule has 1 aromatic rings. The second-order valence-corrected chi connectivity index (χ2v) is 5.99. The SMILES string of the molecule is Cc1cc(CN=C(N)N2CCSCC2)ccc1Cl.I. The van der Waals surface area contributed by atoms with Crippen molar-refractivity contribution in [1.82, 2.24) is 4.90 Å². The maximum Gasteiger partial charge on any atom is 0.191 e. The Bertz CT molecular complexity index is 448. The fraction of sp³-hybridized carbons (Fsp3) is 0.462. The Morgan fingerprint density at radius 3 is 2.74 bits per heavy atom. The van der Waals surface area contributed by atoms with Crippen molar-refractivity contribution in [3.63, 3.8) is 0 Å². The van der Waals surface area contributed by atoms with Crippen molar-refractivity contribution in [2.75, 3.05) is 24.6 Å². The van der Waals surface area contributed by atoms with E-state index in [0.717, 1.165) is 40.7 Å². The summed E-state index contributed by atoms with van der Waals surface area (Å²) in [5.74, 6) is 2.93. The number of nitrogens with two attached hydrogens (primary N) is 1. The predicted molar refractivity (Wildman–Crippen MR) is 95.8 cm³/mol. The molecule has 1 heterocycles. The van der Waals surface area contributed by atoms with Crippen molar-refractivity contribution in [1.29, 1.82) is 0 Å². The molecule has 106 valence electrons. The van der Waals surface area contributed by atoms with Crippen molar-refractivity contribution in [3.05, 3.63) is 34.3 Å². The van der Waals surface area contributed by atoms with Crippen molar-refractivity contribution < 1.29 is 0 Å². The minimum atomic E-state index is 0. The molecule has 0 spiro atoms. The van der Waals surface area contributed by atoms with Crippen LogP contribution in [0.5, 0.6) is 0 Å². The number of aliphatic imine (C=N–C) groups is 1. The van der Waals surface area contributed by atoms with Crippen LogP contribution in [0.1, 0.15) is 11.1 Å². The van der Waals surface area contributed by atoms with Crippen LogP contribution in [0.3, 0.4) is 0 Å². The Kier molecular flexibility index (Phi) is 7.31. The van der Waals surface area contributed by atoms with E-state index in [2.05, 4.69) is 16.0 Å². The number of benzene rings is 1. The molecule has 0 amide bonds. The fourth-order valence-corrected chi connectivity index (χ4v) is 2.89. The summed E-state index contributed by atoms with van der Waals surface area (Å²) in [6.07, 6.45) is 0. The van der Waals surface area contributed by atoms with Gasteiger partial charge in [0.2, 0.25) is 0 Å². The molecular weight excluding hydrogens is 393 g/mol. The van der Waals surface area contributed by atoms with Gasteiger partial charge < -0.3 is 10.6 Å². The lowest BCUT2D eigenvalue weighted by Crippen LogP contribution is -2.42. The third-order valence-corrected chi connectivity index (χ3v) is 4.35. The average Bonchev–Trinajstić information content (AvgIpc) is 2.41. The molecular formula is C13H19ClIN3S. The summed E-state index contributed by atoms with van der Waals surface area (Å²) in [5.41, 5.74) is 8.23. The Morgan fingerprint density at radius 2 is 2.11 bits per heavy atom. The van der Waals surface area contributed by atoms with Crippen LogP contribution >= 0.6 is 47.3 Å². The second kappa shape index (κ2) is 8.21. The van der Waals surface area contributed by atoms with Crippen LogP contribution in [0.15, 0.2) is 23.2 Å². The predicted octanol–water partition coefficient (Wildman–Crippen LogP) is 3.13. The van der Waals surface area contributed by atoms with Gasteiger partial charge in [-0.1, -0.05) is 23.7 Å². The Balaban J connectivity index is 0.00000180. The van der Waals surface area contributed by atoms with Crippen molar-refractivity contribution in [2.45, 2.75) is 13.5 Å². The molecule has 0 radical (unpaired) electrons. The van der Waals surface area contributed by atoms with Crippen LogP contribution in [0.25, 0.3) is 0 Å². The normalized spacial score (nSPS) is 16.1. The molecule has 19 heavy (non-hydrogen) atoms. The van der Waals surface area contributed by atoms with E-state index in [1.54, 1.807) is 0 Å². The molecule has 3 nitrogen and oxygen atoms in total. The molecule has 2 rings (SSSR count). The fourth-order valence-electron chi connectivity index (χ4n) is 1.87. The molecule has 1 aliphatic heterocycles. The highest BCUT2D eigenvalue weighted by molar-refractivity contribution is 14.0. The van der Waals surface area contributed by atoms with E-state index in [9.17, 15) is 0 Å². The summed E-state index contributed by atoms with van der Waals surface area (Å²) in [7, 11) is 0. The van der Waals surface area contributed by atoms with E-state index >= 15 is 0 Å². The van der Waals surface area contributed by atoms with E-state index < -0.39 is 0 Å². The maximum absolute atomic E-state index is 6.00. The Labute approximate surface area is 141 Å². The number of halogens is 2. The molecule has 0 saturated carbocycles. The highest BCUT2D eigenvalue weighted by Gasteiger charge is 2.11. The molecule has 1 fully saturated rings. The zero-order valence-corrected chi connectivity index (χ0v) is 14.8. The summed E-state index contributed by atoms with van der Waals surface area (Å²) in [5, 5.41) is 0.795. The van der Waals surface area contributed by atoms with Gasteiger partial charge in [0.1, 0.15) is 0 Å². The zero-order chi connectivity index (χ0) is 13.0. The first-order chi connectivity index (χ1) is 8.66. The van der Waals surface area contributed by atoms with Gasteiger partial charge in [0.15, 0.2) is 5.96 Å². The van der Waals surface area contributed by atoms with Gasteiger partial charge in [-0.25, -0.2) is 4.99 Å². The first kappa shape index (κ1) is 16.9. The summed E-state index contributed by atoms with van der Waals surface area (Å²) in [4.78, 5) is 6.61. The first-order valence-electron chi connectivity index (χ1n) is 6.04. The summed E-state index contributed by atoms with van der Waals surface area (Å²) < 4.78 is 0. The van der Waals surface area contributed by atoms with Crippen LogP contribution in [-0.2, 0) is 6.54 Å². The standard InChI is InChI=1S/C13H18ClN3S.HI/c1-10-8-11(2-3-12(10)14)9-16-13(15)17-4-6-18-7-5-17;/h2-3,8H,4-7,9H2,1H3,(H2,15,16);1H. The molecule has 0 unspecified atom stereocenters. The van der Waals surface area contributed by atoms with E-state index in [1.807, 2.05) is 30.8 Å². The lowest BCUT2D eigenvalue weighted by Gasteiger charge is -2.27. The molecule has 2 N–H and O–H groups in total. The second-order valence-electron chi connectivity index (χ2n) is 4.36. The minimum Gasteiger partial charge on any atom is -0.370 e. The maximum atomic E-state index is 6.00. The summed E-state index contributed by atoms with van der Waals surface area (Å²) >= 11 is 7.96. The highest BCUT2D eigenvalue weighted by atomic mass is 127. The van der Waals surface area contributed by atoms with Crippen LogP contribution < -0.4 is 5.73 Å². The third-order valence-electron chi connectivity index (χ3n) is 2.98. The molecule has 0 atom stereocenters. The lowest BCUT2D eigenvalue weighted by atomic mass is 10.1. The molecule has 6 heteroatoms. The smallest absolute Gasteiger partial charge is 0.191 e. The number of rotatable bonds is 2. The number of thioether (sulfide) groups is 1. The van der Waals surface area contributed by atoms with Gasteiger partial charge in [-0.3, -0.25) is 0 Å². The van der Waals surface area contributed by atoms with Crippen molar-refractivity contribution in [2.24, 2.45) is 10.7 Å². The van der Waals surface area contributed by atoms with Gasteiger partial charge >= 0.3 is 0 Å². The number of nitrogens with zero attached hydrogens (tertiary/aromatic N) is 2. The largest absolute Gasteiger partial charge is 0.370 e. The van der Waals surface area contributed by atoms with E-state index in [-0.39, 0.29) is 24.0 Å². The average molecular weight is 412 g/mol. The van der Waals surface area contributed by atoms with Gasteiger partial charge in [0, 0.05) is 29.6 Å². The number of hydrogen-bond donors (Lipinski definition) is 1. The first-order valence-corrected chi connectivity index (χ1v) is 7.58. The molecule has 1 saturated heterocycles. The summed E-state index contributed by atoms with van der Waals surface area (Å²) in [6.45, 7) is 4.62.